The fourth-order valence-corrected chi connectivity index (χ4v) is 4.37. The molecule has 3 aliphatic rings. The molecule has 4 unspecified atom stereocenters. The molecule has 2 bridgehead atoms. The number of hydrogen-bond donors (Lipinski definition) is 1. The van der Waals surface area contributed by atoms with Crippen LogP contribution in [-0.2, 0) is 0 Å². The van der Waals surface area contributed by atoms with Crippen LogP contribution in [0.4, 0.5) is 0 Å². The van der Waals surface area contributed by atoms with Crippen molar-refractivity contribution in [1.82, 2.24) is 5.32 Å². The summed E-state index contributed by atoms with van der Waals surface area (Å²) in [7, 11) is 0. The molecule has 0 amide bonds. The highest BCUT2D eigenvalue weighted by Gasteiger charge is 2.41. The molecule has 104 valence electrons. The fraction of sp³-hybridized carbons (Fsp3) is 1.00. The summed E-state index contributed by atoms with van der Waals surface area (Å²) in [5.74, 6) is 4.15. The van der Waals surface area contributed by atoms with Crippen molar-refractivity contribution in [2.24, 2.45) is 29.1 Å². The molecule has 3 fully saturated rings. The fourth-order valence-electron chi connectivity index (χ4n) is 4.37. The number of fused-ring (bicyclic) bond motifs is 2. The molecule has 0 aromatic heterocycles. The van der Waals surface area contributed by atoms with E-state index in [9.17, 15) is 0 Å². The van der Waals surface area contributed by atoms with Gasteiger partial charge in [-0.15, -0.1) is 0 Å². The van der Waals surface area contributed by atoms with Crippen LogP contribution in [0, 0.1) is 29.1 Å². The minimum absolute atomic E-state index is 0.476. The van der Waals surface area contributed by atoms with Gasteiger partial charge in [0.25, 0.3) is 0 Å². The molecule has 1 heteroatoms. The first kappa shape index (κ1) is 13.0. The van der Waals surface area contributed by atoms with Crippen LogP contribution in [0.3, 0.4) is 0 Å². The average Bonchev–Trinajstić information content (AvgIpc) is 2.88. The summed E-state index contributed by atoms with van der Waals surface area (Å²) in [6.07, 6.45) is 10.5. The van der Waals surface area contributed by atoms with Crippen molar-refractivity contribution in [2.45, 2.75) is 71.8 Å². The Morgan fingerprint density at radius 1 is 1.06 bits per heavy atom. The first-order valence-electron chi connectivity index (χ1n) is 8.25. The largest absolute Gasteiger partial charge is 0.314 e. The van der Waals surface area contributed by atoms with E-state index in [1.807, 2.05) is 0 Å². The van der Waals surface area contributed by atoms with Crippen LogP contribution < -0.4 is 5.32 Å². The molecule has 3 rings (SSSR count). The van der Waals surface area contributed by atoms with Gasteiger partial charge in [-0.1, -0.05) is 27.2 Å². The van der Waals surface area contributed by atoms with Crippen LogP contribution in [0.2, 0.25) is 0 Å². The SMILES string of the molecule is CC(C)(C)C(CNC1CC1)CC1CC2CCC1C2. The van der Waals surface area contributed by atoms with Crippen molar-refractivity contribution in [3.05, 3.63) is 0 Å². The molecule has 0 spiro atoms. The first-order chi connectivity index (χ1) is 8.52. The minimum Gasteiger partial charge on any atom is -0.314 e. The summed E-state index contributed by atoms with van der Waals surface area (Å²) in [6, 6.07) is 0.870. The van der Waals surface area contributed by atoms with Gasteiger partial charge in [0, 0.05) is 6.04 Å². The van der Waals surface area contributed by atoms with Gasteiger partial charge < -0.3 is 5.32 Å². The van der Waals surface area contributed by atoms with E-state index in [1.54, 1.807) is 25.7 Å². The summed E-state index contributed by atoms with van der Waals surface area (Å²) in [5, 5.41) is 3.78. The maximum Gasteiger partial charge on any atom is 0.00683 e. The van der Waals surface area contributed by atoms with Crippen molar-refractivity contribution in [2.75, 3.05) is 6.54 Å². The van der Waals surface area contributed by atoms with Gasteiger partial charge in [0.1, 0.15) is 0 Å². The zero-order chi connectivity index (χ0) is 12.8. The van der Waals surface area contributed by atoms with Crippen LogP contribution in [-0.4, -0.2) is 12.6 Å². The molecule has 0 aromatic carbocycles. The van der Waals surface area contributed by atoms with Crippen LogP contribution >= 0.6 is 0 Å². The van der Waals surface area contributed by atoms with Gasteiger partial charge in [0.2, 0.25) is 0 Å². The molecular weight excluding hydrogens is 218 g/mol. The van der Waals surface area contributed by atoms with Gasteiger partial charge in [-0.2, -0.15) is 0 Å². The smallest absolute Gasteiger partial charge is 0.00683 e. The Morgan fingerprint density at radius 2 is 1.83 bits per heavy atom. The van der Waals surface area contributed by atoms with E-state index < -0.39 is 0 Å². The lowest BCUT2D eigenvalue weighted by molar-refractivity contribution is 0.163. The molecule has 3 aliphatic carbocycles. The second-order valence-corrected chi connectivity index (χ2v) is 8.42. The van der Waals surface area contributed by atoms with E-state index in [-0.39, 0.29) is 0 Å². The van der Waals surface area contributed by atoms with Crippen molar-refractivity contribution in [3.8, 4) is 0 Å². The van der Waals surface area contributed by atoms with Crippen molar-refractivity contribution < 1.29 is 0 Å². The molecule has 0 aliphatic heterocycles. The summed E-state index contributed by atoms with van der Waals surface area (Å²) < 4.78 is 0. The predicted octanol–water partition coefficient (Wildman–Crippen LogP) is 4.23. The first-order valence-corrected chi connectivity index (χ1v) is 8.25. The second-order valence-electron chi connectivity index (χ2n) is 8.42. The highest BCUT2D eigenvalue weighted by molar-refractivity contribution is 4.93. The molecule has 3 saturated carbocycles. The molecule has 0 heterocycles. The van der Waals surface area contributed by atoms with E-state index in [1.165, 1.54) is 25.8 Å². The lowest BCUT2D eigenvalue weighted by Gasteiger charge is -2.35. The van der Waals surface area contributed by atoms with Gasteiger partial charge in [-0.3, -0.25) is 0 Å². The molecule has 0 saturated heterocycles. The third-order valence-corrected chi connectivity index (χ3v) is 5.93. The normalized spacial score (nSPS) is 37.2. The van der Waals surface area contributed by atoms with Gasteiger partial charge >= 0.3 is 0 Å². The maximum atomic E-state index is 3.78. The molecule has 1 N–H and O–H groups in total. The Kier molecular flexibility index (Phi) is 3.47. The second kappa shape index (κ2) is 4.81. The van der Waals surface area contributed by atoms with Gasteiger partial charge in [0.15, 0.2) is 0 Å². The quantitative estimate of drug-likeness (QED) is 0.769. The van der Waals surface area contributed by atoms with Gasteiger partial charge in [0.05, 0.1) is 0 Å². The van der Waals surface area contributed by atoms with E-state index in [4.69, 9.17) is 0 Å². The van der Waals surface area contributed by atoms with E-state index in [0.29, 0.717) is 5.41 Å². The van der Waals surface area contributed by atoms with Crippen LogP contribution in [0.5, 0.6) is 0 Å². The molecule has 0 aromatic rings. The Balaban J connectivity index is 1.54. The number of hydrogen-bond acceptors (Lipinski definition) is 1. The van der Waals surface area contributed by atoms with Crippen molar-refractivity contribution in [1.29, 1.82) is 0 Å². The summed E-state index contributed by atoms with van der Waals surface area (Å²) in [6.45, 7) is 8.60. The van der Waals surface area contributed by atoms with Gasteiger partial charge in [-0.05, 0) is 74.2 Å². The minimum atomic E-state index is 0.476. The Labute approximate surface area is 113 Å². The van der Waals surface area contributed by atoms with Crippen molar-refractivity contribution in [3.63, 3.8) is 0 Å². The summed E-state index contributed by atoms with van der Waals surface area (Å²) >= 11 is 0. The Bertz CT molecular complexity index is 286. The maximum absolute atomic E-state index is 3.78. The monoisotopic (exact) mass is 249 g/mol. The van der Waals surface area contributed by atoms with Crippen molar-refractivity contribution >= 4 is 0 Å². The van der Waals surface area contributed by atoms with E-state index in [2.05, 4.69) is 26.1 Å². The highest BCUT2D eigenvalue weighted by Crippen LogP contribution is 2.51. The Hall–Kier alpha value is -0.0400. The standard InChI is InChI=1S/C17H31N/c1-17(2,3)15(11-18-16-6-7-16)10-14-9-12-4-5-13(14)8-12/h12-16,18H,4-11H2,1-3H3. The lowest BCUT2D eigenvalue weighted by Crippen LogP contribution is -2.35. The highest BCUT2D eigenvalue weighted by atomic mass is 14.9. The van der Waals surface area contributed by atoms with Crippen LogP contribution in [0.15, 0.2) is 0 Å². The third kappa shape index (κ3) is 2.92. The molecule has 1 nitrogen and oxygen atoms in total. The lowest BCUT2D eigenvalue weighted by atomic mass is 9.72. The zero-order valence-corrected chi connectivity index (χ0v) is 12.5. The predicted molar refractivity (Wildman–Crippen MR) is 77.5 cm³/mol. The van der Waals surface area contributed by atoms with E-state index in [0.717, 1.165) is 29.7 Å². The molecular formula is C17H31N. The molecule has 18 heavy (non-hydrogen) atoms. The topological polar surface area (TPSA) is 12.0 Å². The summed E-state index contributed by atoms with van der Waals surface area (Å²) in [5.41, 5.74) is 0.476. The average molecular weight is 249 g/mol. The van der Waals surface area contributed by atoms with Gasteiger partial charge in [-0.25, -0.2) is 0 Å². The summed E-state index contributed by atoms with van der Waals surface area (Å²) in [4.78, 5) is 0. The Morgan fingerprint density at radius 3 is 2.33 bits per heavy atom. The number of rotatable bonds is 5. The van der Waals surface area contributed by atoms with Crippen LogP contribution in [0.25, 0.3) is 0 Å². The van der Waals surface area contributed by atoms with Crippen LogP contribution in [0.1, 0.15) is 65.7 Å². The third-order valence-electron chi connectivity index (χ3n) is 5.93. The molecule has 4 atom stereocenters. The molecule has 0 radical (unpaired) electrons. The number of nitrogens with one attached hydrogen (secondary N) is 1. The zero-order valence-electron chi connectivity index (χ0n) is 12.5. The van der Waals surface area contributed by atoms with E-state index >= 15 is 0 Å².